The first-order chi connectivity index (χ1) is 15.5. The van der Waals surface area contributed by atoms with Crippen LogP contribution in [0.1, 0.15) is 24.8 Å². The number of amides is 2. The molecule has 1 saturated carbocycles. The van der Waals surface area contributed by atoms with Crippen LogP contribution in [0.4, 0.5) is 19.3 Å². The minimum absolute atomic E-state index is 0.00328. The van der Waals surface area contributed by atoms with Gasteiger partial charge in [-0.05, 0) is 55.1 Å². The molecule has 6 nitrogen and oxygen atoms in total. The summed E-state index contributed by atoms with van der Waals surface area (Å²) in [5.74, 6) is -0.345. The molecule has 1 aliphatic carbocycles. The number of carbonyl (C=O) groups is 2. The van der Waals surface area contributed by atoms with Gasteiger partial charge in [0.1, 0.15) is 11.9 Å². The van der Waals surface area contributed by atoms with Crippen molar-refractivity contribution in [1.82, 2.24) is 10.6 Å². The molecule has 8 heteroatoms. The molecule has 0 spiro atoms. The van der Waals surface area contributed by atoms with E-state index >= 15 is 0 Å². The fourth-order valence-electron chi connectivity index (χ4n) is 3.68. The van der Waals surface area contributed by atoms with Crippen molar-refractivity contribution in [2.45, 2.75) is 31.9 Å². The number of halogens is 2. The number of hydrogen-bond donors (Lipinski definition) is 2. The summed E-state index contributed by atoms with van der Waals surface area (Å²) in [6, 6.07) is 12.2. The molecule has 1 heterocycles. The van der Waals surface area contributed by atoms with Gasteiger partial charge in [0.2, 0.25) is 5.91 Å². The number of ether oxygens (including phenoxy) is 1. The minimum Gasteiger partial charge on any atom is -0.442 e. The predicted molar refractivity (Wildman–Crippen MR) is 117 cm³/mol. The Hall–Kier alpha value is -3.00. The number of cyclic esters (lactones) is 1. The highest BCUT2D eigenvalue weighted by Gasteiger charge is 2.35. The highest BCUT2D eigenvalue weighted by Crippen LogP contribution is 2.30. The molecule has 1 atom stereocenters. The van der Waals surface area contributed by atoms with E-state index in [1.165, 1.54) is 11.0 Å². The van der Waals surface area contributed by atoms with Crippen LogP contribution in [0.3, 0.4) is 0 Å². The topological polar surface area (TPSA) is 70.7 Å². The van der Waals surface area contributed by atoms with E-state index in [1.807, 2.05) is 24.3 Å². The normalized spacial score (nSPS) is 18.0. The average molecular weight is 443 g/mol. The van der Waals surface area contributed by atoms with Crippen molar-refractivity contribution in [1.29, 1.82) is 0 Å². The summed E-state index contributed by atoms with van der Waals surface area (Å²) in [6.07, 6.45) is 1.30. The zero-order chi connectivity index (χ0) is 22.5. The van der Waals surface area contributed by atoms with E-state index in [9.17, 15) is 18.4 Å². The predicted octanol–water partition coefficient (Wildman–Crippen LogP) is 3.79. The maximum absolute atomic E-state index is 14.9. The molecule has 170 valence electrons. The highest BCUT2D eigenvalue weighted by atomic mass is 19.1. The van der Waals surface area contributed by atoms with Crippen molar-refractivity contribution in [3.8, 4) is 11.1 Å². The third-order valence-corrected chi connectivity index (χ3v) is 5.67. The summed E-state index contributed by atoms with van der Waals surface area (Å²) in [5.41, 5.74) is 2.61. The molecule has 2 N–H and O–H groups in total. The van der Waals surface area contributed by atoms with Gasteiger partial charge < -0.3 is 15.4 Å². The Kier molecular flexibility index (Phi) is 6.99. The van der Waals surface area contributed by atoms with Gasteiger partial charge in [-0.2, -0.15) is 0 Å². The third-order valence-electron chi connectivity index (χ3n) is 5.67. The number of hydrogen-bond acceptors (Lipinski definition) is 4. The number of alkyl halides is 1. The Bertz CT molecular complexity index is 963. The van der Waals surface area contributed by atoms with Crippen LogP contribution < -0.4 is 15.5 Å². The molecule has 0 aromatic heterocycles. The van der Waals surface area contributed by atoms with Crippen molar-refractivity contribution in [2.24, 2.45) is 5.92 Å². The number of carbonyl (C=O) groups excluding carboxylic acids is 2. The van der Waals surface area contributed by atoms with Gasteiger partial charge in [-0.3, -0.25) is 14.1 Å². The lowest BCUT2D eigenvalue weighted by Crippen LogP contribution is -2.35. The van der Waals surface area contributed by atoms with E-state index in [2.05, 4.69) is 10.6 Å². The van der Waals surface area contributed by atoms with Crippen molar-refractivity contribution in [3.05, 3.63) is 53.8 Å². The van der Waals surface area contributed by atoms with E-state index in [4.69, 9.17) is 4.74 Å². The molecule has 2 amide bonds. The van der Waals surface area contributed by atoms with Crippen LogP contribution >= 0.6 is 0 Å². The maximum atomic E-state index is 14.9. The van der Waals surface area contributed by atoms with E-state index in [0.29, 0.717) is 30.8 Å². The van der Waals surface area contributed by atoms with Crippen LogP contribution in [0.5, 0.6) is 0 Å². The molecule has 32 heavy (non-hydrogen) atoms. The first-order valence-corrected chi connectivity index (χ1v) is 11.0. The first kappa shape index (κ1) is 22.2. The van der Waals surface area contributed by atoms with Crippen molar-refractivity contribution < 1.29 is 23.1 Å². The standard InChI is InChI=1S/C24H27F2N3O3/c25-10-1-11-27-13-16-2-4-17(5-3-16)21-9-8-19(12-22(21)26)29-15-20(32-24(29)31)14-28-23(30)18-6-7-18/h2-5,8-9,12,18,20,27H,1,6-7,10-11,13-15H2,(H,28,30)/t20-/m0/s1. The molecule has 0 radical (unpaired) electrons. The zero-order valence-corrected chi connectivity index (χ0v) is 17.8. The van der Waals surface area contributed by atoms with Crippen LogP contribution in [0.25, 0.3) is 11.1 Å². The van der Waals surface area contributed by atoms with Crippen LogP contribution in [0.2, 0.25) is 0 Å². The summed E-state index contributed by atoms with van der Waals surface area (Å²) in [4.78, 5) is 25.4. The van der Waals surface area contributed by atoms with E-state index in [-0.39, 0.29) is 31.6 Å². The largest absolute Gasteiger partial charge is 0.442 e. The number of rotatable bonds is 10. The van der Waals surface area contributed by atoms with E-state index in [1.54, 1.807) is 12.1 Å². The maximum Gasteiger partial charge on any atom is 0.414 e. The Morgan fingerprint density at radius 2 is 1.94 bits per heavy atom. The summed E-state index contributed by atoms with van der Waals surface area (Å²) in [6.45, 7) is 1.41. The molecule has 1 aliphatic heterocycles. The van der Waals surface area contributed by atoms with E-state index < -0.39 is 18.0 Å². The van der Waals surface area contributed by atoms with Gasteiger partial charge in [0.05, 0.1) is 25.5 Å². The fraction of sp³-hybridized carbons (Fsp3) is 0.417. The first-order valence-electron chi connectivity index (χ1n) is 11.0. The van der Waals surface area contributed by atoms with Crippen LogP contribution in [-0.4, -0.2) is 44.4 Å². The zero-order valence-electron chi connectivity index (χ0n) is 17.8. The van der Waals surface area contributed by atoms with Gasteiger partial charge in [0.25, 0.3) is 0 Å². The van der Waals surface area contributed by atoms with Crippen LogP contribution in [0.15, 0.2) is 42.5 Å². The number of anilines is 1. The molecule has 2 aromatic carbocycles. The quantitative estimate of drug-likeness (QED) is 0.548. The SMILES string of the molecule is O=C(NC[C@H]1CN(c2ccc(-c3ccc(CNCCCF)cc3)c(F)c2)C(=O)O1)C1CC1. The molecular weight excluding hydrogens is 416 g/mol. The van der Waals surface area contributed by atoms with Gasteiger partial charge in [-0.15, -0.1) is 0 Å². The van der Waals surface area contributed by atoms with Crippen LogP contribution in [0, 0.1) is 11.7 Å². The molecular formula is C24H27F2N3O3. The lowest BCUT2D eigenvalue weighted by molar-refractivity contribution is -0.122. The second-order valence-electron chi connectivity index (χ2n) is 8.22. The lowest BCUT2D eigenvalue weighted by atomic mass is 10.0. The molecule has 4 rings (SSSR count). The average Bonchev–Trinajstić information content (AvgIpc) is 3.58. The Morgan fingerprint density at radius 3 is 2.62 bits per heavy atom. The summed E-state index contributed by atoms with van der Waals surface area (Å²) >= 11 is 0. The number of nitrogens with zero attached hydrogens (tertiary/aromatic N) is 1. The van der Waals surface area contributed by atoms with Crippen molar-refractivity contribution >= 4 is 17.7 Å². The fourth-order valence-corrected chi connectivity index (χ4v) is 3.68. The Morgan fingerprint density at radius 1 is 1.16 bits per heavy atom. The molecule has 0 bridgehead atoms. The molecule has 0 unspecified atom stereocenters. The lowest BCUT2D eigenvalue weighted by Gasteiger charge is -2.15. The van der Waals surface area contributed by atoms with Gasteiger partial charge in [-0.25, -0.2) is 9.18 Å². The van der Waals surface area contributed by atoms with Gasteiger partial charge >= 0.3 is 6.09 Å². The molecule has 2 fully saturated rings. The summed E-state index contributed by atoms with van der Waals surface area (Å²) in [5, 5.41) is 5.96. The van der Waals surface area contributed by atoms with Crippen molar-refractivity contribution in [2.75, 3.05) is 31.2 Å². The summed E-state index contributed by atoms with van der Waals surface area (Å²) in [7, 11) is 0. The second kappa shape index (κ2) is 10.1. The monoisotopic (exact) mass is 443 g/mol. The van der Waals surface area contributed by atoms with Gasteiger partial charge in [-0.1, -0.05) is 24.3 Å². The molecule has 1 saturated heterocycles. The van der Waals surface area contributed by atoms with Gasteiger partial charge in [0.15, 0.2) is 0 Å². The van der Waals surface area contributed by atoms with E-state index in [0.717, 1.165) is 24.0 Å². The Labute approximate surface area is 185 Å². The smallest absolute Gasteiger partial charge is 0.414 e. The van der Waals surface area contributed by atoms with Gasteiger partial charge in [0, 0.05) is 18.0 Å². The Balaban J connectivity index is 1.36. The third kappa shape index (κ3) is 5.43. The highest BCUT2D eigenvalue weighted by molar-refractivity contribution is 5.90. The van der Waals surface area contributed by atoms with Crippen molar-refractivity contribution in [3.63, 3.8) is 0 Å². The number of benzene rings is 2. The second-order valence-corrected chi connectivity index (χ2v) is 8.22. The molecule has 2 aromatic rings. The molecule has 2 aliphatic rings. The summed E-state index contributed by atoms with van der Waals surface area (Å²) < 4.78 is 32.3. The van der Waals surface area contributed by atoms with Crippen LogP contribution in [-0.2, 0) is 16.1 Å². The minimum atomic E-state index is -0.549. The number of nitrogens with one attached hydrogen (secondary N) is 2.